The summed E-state index contributed by atoms with van der Waals surface area (Å²) in [7, 11) is 2.22. The van der Waals surface area contributed by atoms with Crippen LogP contribution in [0.1, 0.15) is 48.4 Å². The van der Waals surface area contributed by atoms with E-state index >= 15 is 0 Å². The van der Waals surface area contributed by atoms with E-state index < -0.39 is 34.7 Å². The number of halogens is 1. The fourth-order valence-electron chi connectivity index (χ4n) is 7.00. The standard InChI is InChI=1S/C21H26ClNO.C16H12O6.C4H4O4/c1-21(17-7-4-3-5-8-17,18-10-12-19(22)13-11-18)24-16-14-20-9-6-15-23(20)2;17-10-2-1-8-13-9-4-12(19)11(18)3-7(9)5-16(13,21)6-22-15(8)14(10)20;5-3(6)1-2-4(7)8/h3-5,7-8,10-13,20H,6,9,14-16H2,1-2H3;1-4,18-21H,5-6H2;1-2H,(H,5,6)(H,7,8). The molecule has 1 saturated heterocycles. The number of phenols is 2. The van der Waals surface area contributed by atoms with Gasteiger partial charge in [-0.25, -0.2) is 9.59 Å². The van der Waals surface area contributed by atoms with Crippen LogP contribution in [0.5, 0.6) is 11.5 Å². The van der Waals surface area contributed by atoms with Crippen LogP contribution in [-0.2, 0) is 35.9 Å². The Hall–Kier alpha value is -5.40. The van der Waals surface area contributed by atoms with E-state index in [1.54, 1.807) is 0 Å². The molecule has 0 amide bonds. The van der Waals surface area contributed by atoms with Gasteiger partial charge in [-0.1, -0.05) is 54.1 Å². The van der Waals surface area contributed by atoms with E-state index in [2.05, 4.69) is 55.3 Å². The average Bonchev–Trinajstić information content (AvgIpc) is 3.68. The zero-order chi connectivity index (χ0) is 39.2. The highest BCUT2D eigenvalue weighted by molar-refractivity contribution is 6.30. The monoisotopic (exact) mass is 759 g/mol. The summed E-state index contributed by atoms with van der Waals surface area (Å²) in [4.78, 5) is 33.1. The second-order valence-electron chi connectivity index (χ2n) is 13.5. The van der Waals surface area contributed by atoms with Crippen molar-refractivity contribution in [1.82, 2.24) is 4.90 Å². The maximum absolute atomic E-state index is 11.5. The largest absolute Gasteiger partial charge is 0.504 e. The summed E-state index contributed by atoms with van der Waals surface area (Å²) >= 11 is 6.07. The maximum Gasteiger partial charge on any atom is 0.328 e. The highest BCUT2D eigenvalue weighted by Gasteiger charge is 2.48. The van der Waals surface area contributed by atoms with Gasteiger partial charge in [-0.2, -0.15) is 0 Å². The molecule has 4 aliphatic rings. The van der Waals surface area contributed by atoms with Crippen molar-refractivity contribution < 1.29 is 54.5 Å². The van der Waals surface area contributed by atoms with Gasteiger partial charge in [0.05, 0.1) is 0 Å². The summed E-state index contributed by atoms with van der Waals surface area (Å²) in [6.07, 6.45) is 7.67. The molecular formula is C41H42ClNO11. The summed E-state index contributed by atoms with van der Waals surface area (Å²) in [6.45, 7) is 3.99. The van der Waals surface area contributed by atoms with Crippen LogP contribution in [-0.4, -0.2) is 91.7 Å². The molecule has 13 heteroatoms. The molecule has 0 bridgehead atoms. The minimum Gasteiger partial charge on any atom is -0.504 e. The van der Waals surface area contributed by atoms with Gasteiger partial charge in [-0.05, 0) is 98.4 Å². The first-order chi connectivity index (χ1) is 25.6. The van der Waals surface area contributed by atoms with E-state index in [4.69, 9.17) is 31.3 Å². The molecule has 54 heavy (non-hydrogen) atoms. The van der Waals surface area contributed by atoms with Crippen LogP contribution in [0.15, 0.2) is 108 Å². The van der Waals surface area contributed by atoms with Crippen molar-refractivity contribution in [2.45, 2.75) is 49.9 Å². The zero-order valence-electron chi connectivity index (χ0n) is 29.7. The van der Waals surface area contributed by atoms with Crippen molar-refractivity contribution in [3.05, 3.63) is 135 Å². The molecule has 284 valence electrons. The number of carbonyl (C=O) groups is 3. The van der Waals surface area contributed by atoms with Gasteiger partial charge in [-0.15, -0.1) is 0 Å². The summed E-state index contributed by atoms with van der Waals surface area (Å²) in [6, 6.07) is 21.9. The number of aliphatic hydroxyl groups is 2. The average molecular weight is 760 g/mol. The molecule has 1 fully saturated rings. The van der Waals surface area contributed by atoms with Gasteiger partial charge in [0.1, 0.15) is 17.8 Å². The van der Waals surface area contributed by atoms with E-state index in [0.717, 1.165) is 23.6 Å². The predicted molar refractivity (Wildman–Crippen MR) is 200 cm³/mol. The minimum absolute atomic E-state index is 0.0348. The lowest BCUT2D eigenvalue weighted by molar-refractivity contribution is -0.134. The molecule has 12 nitrogen and oxygen atoms in total. The fraction of sp³-hybridized carbons (Fsp3) is 0.293. The zero-order valence-corrected chi connectivity index (χ0v) is 30.5. The van der Waals surface area contributed by atoms with Crippen molar-refractivity contribution >= 4 is 34.9 Å². The topological polar surface area (TPSA) is 194 Å². The number of carbonyl (C=O) groups excluding carboxylic acids is 1. The van der Waals surface area contributed by atoms with Crippen LogP contribution in [0.4, 0.5) is 0 Å². The van der Waals surface area contributed by atoms with E-state index in [1.807, 2.05) is 18.2 Å². The summed E-state index contributed by atoms with van der Waals surface area (Å²) in [5.74, 6) is -4.10. The lowest BCUT2D eigenvalue weighted by atomic mass is 9.85. The highest BCUT2D eigenvalue weighted by atomic mass is 35.5. The summed E-state index contributed by atoms with van der Waals surface area (Å²) in [5, 5.41) is 56.4. The number of phenolic OH excluding ortho intramolecular Hbond substituents is 2. The Balaban J connectivity index is 0.000000174. The number of benzene rings is 3. The number of hydrogen-bond donors (Lipinski definition) is 6. The molecule has 3 aromatic rings. The molecule has 2 heterocycles. The normalized spacial score (nSPS) is 21.2. The van der Waals surface area contributed by atoms with Gasteiger partial charge in [0.2, 0.25) is 11.5 Å². The third-order valence-electron chi connectivity index (χ3n) is 9.84. The van der Waals surface area contributed by atoms with Gasteiger partial charge >= 0.3 is 11.9 Å². The molecule has 0 spiro atoms. The van der Waals surface area contributed by atoms with Gasteiger partial charge in [0.15, 0.2) is 17.3 Å². The smallest absolute Gasteiger partial charge is 0.328 e. The number of nitrogens with zero attached hydrogens (tertiary/aromatic N) is 1. The number of fused-ring (bicyclic) bond motifs is 4. The minimum atomic E-state index is -1.33. The van der Waals surface area contributed by atoms with E-state index in [-0.39, 0.29) is 30.3 Å². The Bertz CT molecular complexity index is 2010. The number of ketones is 1. The quantitative estimate of drug-likeness (QED) is 0.118. The van der Waals surface area contributed by atoms with E-state index in [9.17, 15) is 34.8 Å². The molecule has 3 aromatic carbocycles. The van der Waals surface area contributed by atoms with Crippen molar-refractivity contribution in [3.8, 4) is 11.5 Å². The van der Waals surface area contributed by atoms with Crippen LogP contribution in [0.25, 0.3) is 5.57 Å². The Morgan fingerprint density at radius 3 is 2.22 bits per heavy atom. The Morgan fingerprint density at radius 1 is 0.981 bits per heavy atom. The molecule has 0 radical (unpaired) electrons. The highest BCUT2D eigenvalue weighted by Crippen LogP contribution is 2.50. The first-order valence-corrected chi connectivity index (χ1v) is 17.6. The molecule has 7 rings (SSSR count). The summed E-state index contributed by atoms with van der Waals surface area (Å²) < 4.78 is 11.9. The maximum atomic E-state index is 11.5. The number of rotatable bonds is 8. The molecule has 2 aliphatic carbocycles. The molecule has 2 aliphatic heterocycles. The Kier molecular flexibility index (Phi) is 12.3. The molecule has 3 atom stereocenters. The Labute approximate surface area is 317 Å². The summed E-state index contributed by atoms with van der Waals surface area (Å²) in [5.41, 5.74) is 2.65. The lowest BCUT2D eigenvalue weighted by Crippen LogP contribution is -2.39. The van der Waals surface area contributed by atoms with Crippen LogP contribution in [0.3, 0.4) is 0 Å². The second-order valence-corrected chi connectivity index (χ2v) is 13.9. The molecular weight excluding hydrogens is 718 g/mol. The van der Waals surface area contributed by atoms with Crippen LogP contribution in [0, 0.1) is 0 Å². The SMILES string of the molecule is CN1CCCC1CCOC(C)(c1ccccc1)c1ccc(Cl)cc1.O=C(O)C=CC(=O)O.O=C1C=CC2=C3c4cc(O)c(O)cc4CC3(O)COC2=C1O. The van der Waals surface area contributed by atoms with Crippen molar-refractivity contribution in [1.29, 1.82) is 0 Å². The predicted octanol–water partition coefficient (Wildman–Crippen LogP) is 5.89. The molecule has 3 unspecified atom stereocenters. The first kappa shape index (κ1) is 39.8. The van der Waals surface area contributed by atoms with Crippen LogP contribution < -0.4 is 0 Å². The second kappa shape index (κ2) is 16.7. The number of aliphatic carboxylic acids is 2. The number of likely N-dealkylation sites (tertiary alicyclic amines) is 1. The van der Waals surface area contributed by atoms with Crippen molar-refractivity contribution in [3.63, 3.8) is 0 Å². The number of allylic oxidation sites excluding steroid dienone is 2. The molecule has 6 N–H and O–H groups in total. The number of aliphatic hydroxyl groups excluding tert-OH is 1. The number of ether oxygens (including phenoxy) is 2. The molecule has 0 saturated carbocycles. The number of carboxylic acid groups (broad SMARTS) is 2. The lowest BCUT2D eigenvalue weighted by Gasteiger charge is -2.33. The van der Waals surface area contributed by atoms with Gasteiger partial charge in [0.25, 0.3) is 0 Å². The van der Waals surface area contributed by atoms with Crippen molar-refractivity contribution in [2.75, 3.05) is 26.8 Å². The Morgan fingerprint density at radius 2 is 1.61 bits per heavy atom. The number of hydrogen-bond acceptors (Lipinski definition) is 10. The van der Waals surface area contributed by atoms with E-state index in [0.29, 0.717) is 40.5 Å². The third kappa shape index (κ3) is 8.86. The van der Waals surface area contributed by atoms with Crippen LogP contribution in [0.2, 0.25) is 5.02 Å². The van der Waals surface area contributed by atoms with Gasteiger partial charge in [0, 0.05) is 47.4 Å². The van der Waals surface area contributed by atoms with E-state index in [1.165, 1.54) is 49.2 Å². The third-order valence-corrected chi connectivity index (χ3v) is 10.1. The first-order valence-electron chi connectivity index (χ1n) is 17.2. The number of aromatic hydroxyl groups is 2. The van der Waals surface area contributed by atoms with Gasteiger partial charge < -0.3 is 45.0 Å². The van der Waals surface area contributed by atoms with Crippen molar-refractivity contribution in [2.24, 2.45) is 0 Å². The van der Waals surface area contributed by atoms with Crippen LogP contribution >= 0.6 is 11.6 Å². The molecule has 0 aromatic heterocycles. The fourth-order valence-corrected chi connectivity index (χ4v) is 7.13. The number of carboxylic acids is 2. The van der Waals surface area contributed by atoms with Gasteiger partial charge in [-0.3, -0.25) is 4.79 Å².